The first-order chi connectivity index (χ1) is 4.85. The molecule has 10 heavy (non-hydrogen) atoms. The minimum Gasteiger partial charge on any atom is -0.0985 e. The quantitative estimate of drug-likeness (QED) is 0.520. The van der Waals surface area contributed by atoms with Gasteiger partial charge in [0.25, 0.3) is 0 Å². The molecule has 0 aromatic carbocycles. The zero-order chi connectivity index (χ0) is 7.82. The van der Waals surface area contributed by atoms with Crippen molar-refractivity contribution in [2.24, 2.45) is 0 Å². The van der Waals surface area contributed by atoms with E-state index in [0.29, 0.717) is 0 Å². The summed E-state index contributed by atoms with van der Waals surface area (Å²) in [7, 11) is 0. The van der Waals surface area contributed by atoms with Gasteiger partial charge in [0.2, 0.25) is 0 Å². The van der Waals surface area contributed by atoms with Gasteiger partial charge in [-0.3, -0.25) is 0 Å². The van der Waals surface area contributed by atoms with Gasteiger partial charge in [-0.15, -0.1) is 0 Å². The van der Waals surface area contributed by atoms with Crippen LogP contribution in [0.25, 0.3) is 0 Å². The molecule has 0 heterocycles. The average Bonchev–Trinajstić information content (AvgIpc) is 1.99. The summed E-state index contributed by atoms with van der Waals surface area (Å²) in [6.07, 6.45) is 11.9. The highest BCUT2D eigenvalue weighted by Gasteiger charge is 1.75. The maximum absolute atomic E-state index is 3.67. The third-order valence-electron chi connectivity index (χ3n) is 1.16. The average molecular weight is 134 g/mol. The molecule has 0 aliphatic rings. The van der Waals surface area contributed by atoms with Gasteiger partial charge in [-0.25, -0.2) is 0 Å². The number of hydrogen-bond acceptors (Lipinski definition) is 0. The van der Waals surface area contributed by atoms with Crippen molar-refractivity contribution in [3.63, 3.8) is 0 Å². The Bertz CT molecular complexity index is 168. The van der Waals surface area contributed by atoms with Crippen molar-refractivity contribution >= 4 is 0 Å². The van der Waals surface area contributed by atoms with E-state index in [1.165, 1.54) is 0 Å². The van der Waals surface area contributed by atoms with Gasteiger partial charge in [-0.2, -0.15) is 0 Å². The fraction of sp³-hybridized carbons (Fsp3) is 0.200. The van der Waals surface area contributed by atoms with Gasteiger partial charge in [0, 0.05) is 0 Å². The van der Waals surface area contributed by atoms with E-state index in [-0.39, 0.29) is 0 Å². The fourth-order valence-electron chi connectivity index (χ4n) is 0.560. The SMILES string of the molecule is C=CC(C=CC=CC)=CC. The molecule has 0 radical (unpaired) electrons. The Morgan fingerprint density at radius 3 is 2.30 bits per heavy atom. The molecule has 0 aromatic heterocycles. The largest absolute Gasteiger partial charge is 0.0985 e. The van der Waals surface area contributed by atoms with Crippen LogP contribution in [0.4, 0.5) is 0 Å². The van der Waals surface area contributed by atoms with E-state index >= 15 is 0 Å². The molecule has 0 aliphatic carbocycles. The lowest BCUT2D eigenvalue weighted by molar-refractivity contribution is 1.60. The number of allylic oxidation sites excluding steroid dienone is 7. The molecule has 0 fully saturated rings. The van der Waals surface area contributed by atoms with Crippen LogP contribution in [0.2, 0.25) is 0 Å². The second kappa shape index (κ2) is 6.09. The molecule has 0 amide bonds. The Balaban J connectivity index is 3.98. The molecular formula is C10H14. The first-order valence-electron chi connectivity index (χ1n) is 3.43. The normalized spacial score (nSPS) is 13.2. The molecule has 0 unspecified atom stereocenters. The van der Waals surface area contributed by atoms with Crippen LogP contribution in [-0.2, 0) is 0 Å². The molecule has 0 N–H and O–H groups in total. The van der Waals surface area contributed by atoms with Gasteiger partial charge >= 0.3 is 0 Å². The number of rotatable bonds is 3. The molecule has 0 heteroatoms. The Kier molecular flexibility index (Phi) is 5.45. The summed E-state index contributed by atoms with van der Waals surface area (Å²) >= 11 is 0. The first-order valence-corrected chi connectivity index (χ1v) is 3.43. The van der Waals surface area contributed by atoms with Crippen molar-refractivity contribution < 1.29 is 0 Å². The summed E-state index contributed by atoms with van der Waals surface area (Å²) in [4.78, 5) is 0. The predicted octanol–water partition coefficient (Wildman–Crippen LogP) is 3.25. The topological polar surface area (TPSA) is 0 Å². The summed E-state index contributed by atoms with van der Waals surface area (Å²) in [5.41, 5.74) is 1.15. The van der Waals surface area contributed by atoms with Crippen molar-refractivity contribution in [2.75, 3.05) is 0 Å². The summed E-state index contributed by atoms with van der Waals surface area (Å²) < 4.78 is 0. The minimum absolute atomic E-state index is 1.15. The lowest BCUT2D eigenvalue weighted by Gasteiger charge is -1.85. The summed E-state index contributed by atoms with van der Waals surface area (Å²) in [6, 6.07) is 0. The van der Waals surface area contributed by atoms with Crippen molar-refractivity contribution in [1.29, 1.82) is 0 Å². The summed E-state index contributed by atoms with van der Waals surface area (Å²) in [5.74, 6) is 0. The maximum atomic E-state index is 3.67. The summed E-state index contributed by atoms with van der Waals surface area (Å²) in [5, 5.41) is 0. The van der Waals surface area contributed by atoms with Crippen LogP contribution in [0.5, 0.6) is 0 Å². The zero-order valence-corrected chi connectivity index (χ0v) is 6.67. The minimum atomic E-state index is 1.15. The Labute approximate surface area is 63.3 Å². The molecule has 0 spiro atoms. The Morgan fingerprint density at radius 1 is 1.20 bits per heavy atom. The van der Waals surface area contributed by atoms with Crippen LogP contribution in [0.15, 0.2) is 48.6 Å². The van der Waals surface area contributed by atoms with E-state index in [4.69, 9.17) is 0 Å². The highest BCUT2D eigenvalue weighted by Crippen LogP contribution is 1.96. The van der Waals surface area contributed by atoms with Crippen LogP contribution >= 0.6 is 0 Å². The van der Waals surface area contributed by atoms with E-state index in [2.05, 4.69) is 6.58 Å². The zero-order valence-electron chi connectivity index (χ0n) is 6.67. The third kappa shape index (κ3) is 3.90. The monoisotopic (exact) mass is 134 g/mol. The predicted molar refractivity (Wildman–Crippen MR) is 47.9 cm³/mol. The molecule has 0 aliphatic heterocycles. The van der Waals surface area contributed by atoms with Crippen molar-refractivity contribution in [3.8, 4) is 0 Å². The lowest BCUT2D eigenvalue weighted by Crippen LogP contribution is -1.65. The van der Waals surface area contributed by atoms with E-state index in [9.17, 15) is 0 Å². The van der Waals surface area contributed by atoms with Gasteiger partial charge in [0.05, 0.1) is 0 Å². The van der Waals surface area contributed by atoms with Crippen LogP contribution in [-0.4, -0.2) is 0 Å². The van der Waals surface area contributed by atoms with Crippen LogP contribution in [0.1, 0.15) is 13.8 Å². The molecule has 54 valence electrons. The Morgan fingerprint density at radius 2 is 1.90 bits per heavy atom. The maximum Gasteiger partial charge on any atom is -0.0305 e. The highest BCUT2D eigenvalue weighted by atomic mass is 13.8. The molecule has 0 atom stereocenters. The van der Waals surface area contributed by atoms with Gasteiger partial charge in [-0.05, 0) is 19.4 Å². The van der Waals surface area contributed by atoms with E-state index < -0.39 is 0 Å². The molecule has 0 aromatic rings. The highest BCUT2D eigenvalue weighted by molar-refractivity contribution is 5.30. The molecule has 0 bridgehead atoms. The molecule has 0 nitrogen and oxygen atoms in total. The van der Waals surface area contributed by atoms with E-state index in [1.54, 1.807) is 0 Å². The van der Waals surface area contributed by atoms with Crippen LogP contribution in [0, 0.1) is 0 Å². The van der Waals surface area contributed by atoms with E-state index in [0.717, 1.165) is 5.57 Å². The van der Waals surface area contributed by atoms with Crippen molar-refractivity contribution in [3.05, 3.63) is 48.6 Å². The molecule has 0 saturated heterocycles. The van der Waals surface area contributed by atoms with Crippen molar-refractivity contribution in [2.45, 2.75) is 13.8 Å². The first kappa shape index (κ1) is 8.96. The molecule has 0 saturated carbocycles. The lowest BCUT2D eigenvalue weighted by atomic mass is 10.2. The second-order valence-electron chi connectivity index (χ2n) is 1.88. The molecular weight excluding hydrogens is 120 g/mol. The van der Waals surface area contributed by atoms with Crippen LogP contribution in [0.3, 0.4) is 0 Å². The van der Waals surface area contributed by atoms with E-state index in [1.807, 2.05) is 50.3 Å². The van der Waals surface area contributed by atoms with Crippen molar-refractivity contribution in [1.82, 2.24) is 0 Å². The fourth-order valence-corrected chi connectivity index (χ4v) is 0.560. The number of hydrogen-bond donors (Lipinski definition) is 0. The second-order valence-corrected chi connectivity index (χ2v) is 1.88. The standard InChI is InChI=1S/C10H14/c1-4-7-8-9-10(5-2)6-3/h4-9H,2H2,1,3H3. The van der Waals surface area contributed by atoms with Gasteiger partial charge in [-0.1, -0.05) is 43.0 Å². The van der Waals surface area contributed by atoms with Crippen LogP contribution < -0.4 is 0 Å². The molecule has 0 rings (SSSR count). The Hall–Kier alpha value is -1.04. The van der Waals surface area contributed by atoms with Gasteiger partial charge in [0.15, 0.2) is 0 Å². The third-order valence-corrected chi connectivity index (χ3v) is 1.16. The van der Waals surface area contributed by atoms with Gasteiger partial charge < -0.3 is 0 Å². The van der Waals surface area contributed by atoms with Gasteiger partial charge in [0.1, 0.15) is 0 Å². The smallest absolute Gasteiger partial charge is 0.0305 e. The summed E-state index contributed by atoms with van der Waals surface area (Å²) in [6.45, 7) is 7.66.